The summed E-state index contributed by atoms with van der Waals surface area (Å²) in [7, 11) is 1.77. The third-order valence-electron chi connectivity index (χ3n) is 4.51. The molecule has 0 spiro atoms. The largest absolute Gasteiger partial charge is 0.343 e. The summed E-state index contributed by atoms with van der Waals surface area (Å²) in [6, 6.07) is 3.74. The van der Waals surface area contributed by atoms with E-state index in [4.69, 9.17) is 0 Å². The van der Waals surface area contributed by atoms with Crippen molar-refractivity contribution in [3.63, 3.8) is 0 Å². The predicted molar refractivity (Wildman–Crippen MR) is 101 cm³/mol. The van der Waals surface area contributed by atoms with E-state index in [2.05, 4.69) is 25.8 Å². The van der Waals surface area contributed by atoms with Crippen LogP contribution in [0.15, 0.2) is 23.5 Å². The average Bonchev–Trinajstić information content (AvgIpc) is 3.07. The number of aromatic nitrogens is 5. The second-order valence-electron chi connectivity index (χ2n) is 6.55. The van der Waals surface area contributed by atoms with Crippen molar-refractivity contribution < 1.29 is 9.59 Å². The van der Waals surface area contributed by atoms with Gasteiger partial charge in [-0.2, -0.15) is 0 Å². The van der Waals surface area contributed by atoms with E-state index in [0.29, 0.717) is 49.1 Å². The van der Waals surface area contributed by atoms with Crippen molar-refractivity contribution in [3.05, 3.63) is 23.9 Å². The van der Waals surface area contributed by atoms with E-state index in [1.807, 2.05) is 24.0 Å². The first-order valence-electron chi connectivity index (χ1n) is 8.89. The number of thioether (sulfide) groups is 1. The molecule has 0 radical (unpaired) electrons. The molecule has 3 rings (SSSR count). The minimum atomic E-state index is -0.0875. The van der Waals surface area contributed by atoms with E-state index in [9.17, 15) is 9.59 Å². The van der Waals surface area contributed by atoms with Gasteiger partial charge in [0.05, 0.1) is 0 Å². The number of likely N-dealkylation sites (tertiary alicyclic amines) is 1. The third-order valence-corrected chi connectivity index (χ3v) is 5.53. The lowest BCUT2D eigenvalue weighted by Gasteiger charge is -2.31. The Balaban J connectivity index is 1.40. The van der Waals surface area contributed by atoms with E-state index in [0.717, 1.165) is 5.56 Å². The summed E-state index contributed by atoms with van der Waals surface area (Å²) in [4.78, 5) is 30.8. The Morgan fingerprint density at radius 3 is 2.78 bits per heavy atom. The highest BCUT2D eigenvalue weighted by atomic mass is 32.2. The normalized spacial score (nSPS) is 15.0. The van der Waals surface area contributed by atoms with Crippen LogP contribution in [0.5, 0.6) is 0 Å². The molecule has 0 atom stereocenters. The van der Waals surface area contributed by atoms with Crippen LogP contribution in [0, 0.1) is 12.8 Å². The molecule has 0 unspecified atom stereocenters. The van der Waals surface area contributed by atoms with Crippen molar-refractivity contribution in [2.45, 2.75) is 31.3 Å². The van der Waals surface area contributed by atoms with E-state index in [1.165, 1.54) is 11.8 Å². The number of rotatable bonds is 6. The maximum Gasteiger partial charge on any atom is 0.228 e. The molecule has 2 aromatic heterocycles. The van der Waals surface area contributed by atoms with E-state index in [-0.39, 0.29) is 17.7 Å². The van der Waals surface area contributed by atoms with Crippen molar-refractivity contribution in [3.8, 4) is 0 Å². The second kappa shape index (κ2) is 8.94. The van der Waals surface area contributed by atoms with Crippen LogP contribution in [-0.2, 0) is 16.6 Å². The van der Waals surface area contributed by atoms with Crippen LogP contribution in [0.4, 0.5) is 5.82 Å². The quantitative estimate of drug-likeness (QED) is 0.742. The highest BCUT2D eigenvalue weighted by Crippen LogP contribution is 2.21. The highest BCUT2D eigenvalue weighted by molar-refractivity contribution is 7.99. The fourth-order valence-electron chi connectivity index (χ4n) is 2.96. The maximum atomic E-state index is 12.4. The number of nitrogens with zero attached hydrogens (tertiary/aromatic N) is 6. The molecule has 1 saturated heterocycles. The Morgan fingerprint density at radius 1 is 1.33 bits per heavy atom. The summed E-state index contributed by atoms with van der Waals surface area (Å²) in [5.41, 5.74) is 1.05. The third kappa shape index (κ3) is 5.25. The van der Waals surface area contributed by atoms with Crippen molar-refractivity contribution in [2.75, 3.05) is 24.2 Å². The number of carbonyl (C=O) groups is 2. The van der Waals surface area contributed by atoms with Gasteiger partial charge in [-0.3, -0.25) is 9.59 Å². The molecule has 0 saturated carbocycles. The fraction of sp³-hybridized carbons (Fsp3) is 0.529. The molecule has 9 nitrogen and oxygen atoms in total. The van der Waals surface area contributed by atoms with Gasteiger partial charge in [0, 0.05) is 44.4 Å². The molecular formula is C17H23N7O2S. The van der Waals surface area contributed by atoms with Crippen LogP contribution in [0.2, 0.25) is 0 Å². The number of hydrogen-bond acceptors (Lipinski definition) is 7. The number of hydrogen-bond donors (Lipinski definition) is 1. The Bertz CT molecular complexity index is 802. The predicted octanol–water partition coefficient (Wildman–Crippen LogP) is 1.27. The fourth-order valence-corrected chi connectivity index (χ4v) is 3.73. The molecule has 2 aromatic rings. The van der Waals surface area contributed by atoms with Crippen molar-refractivity contribution in [1.29, 1.82) is 0 Å². The number of nitrogens with one attached hydrogen (secondary N) is 1. The summed E-state index contributed by atoms with van der Waals surface area (Å²) >= 11 is 1.46. The number of tetrazole rings is 1. The zero-order chi connectivity index (χ0) is 19.2. The molecule has 0 aliphatic carbocycles. The molecule has 10 heteroatoms. The van der Waals surface area contributed by atoms with Crippen LogP contribution in [0.1, 0.15) is 24.8 Å². The number of piperidine rings is 1. The molecule has 2 amide bonds. The minimum absolute atomic E-state index is 0.0227. The summed E-state index contributed by atoms with van der Waals surface area (Å²) in [5.74, 6) is 1.21. The van der Waals surface area contributed by atoms with Gasteiger partial charge >= 0.3 is 0 Å². The first kappa shape index (κ1) is 19.3. The van der Waals surface area contributed by atoms with Crippen molar-refractivity contribution >= 4 is 29.4 Å². The lowest BCUT2D eigenvalue weighted by atomic mass is 9.95. The van der Waals surface area contributed by atoms with Crippen molar-refractivity contribution in [1.82, 2.24) is 30.1 Å². The molecule has 144 valence electrons. The first-order valence-corrected chi connectivity index (χ1v) is 9.88. The molecule has 3 heterocycles. The van der Waals surface area contributed by atoms with E-state index in [1.54, 1.807) is 17.9 Å². The number of carbonyl (C=O) groups excluding carboxylic acids is 2. The van der Waals surface area contributed by atoms with Gasteiger partial charge in [-0.15, -0.1) is 5.10 Å². The van der Waals surface area contributed by atoms with Crippen LogP contribution >= 0.6 is 11.8 Å². The number of amides is 2. The molecule has 1 N–H and O–H groups in total. The molecule has 27 heavy (non-hydrogen) atoms. The van der Waals surface area contributed by atoms with E-state index < -0.39 is 0 Å². The smallest absolute Gasteiger partial charge is 0.228 e. The summed E-state index contributed by atoms with van der Waals surface area (Å²) in [6.07, 6.45) is 3.45. The van der Waals surface area contributed by atoms with Crippen LogP contribution < -0.4 is 5.32 Å². The van der Waals surface area contributed by atoms with E-state index >= 15 is 0 Å². The number of pyridine rings is 1. The molecule has 1 fully saturated rings. The monoisotopic (exact) mass is 389 g/mol. The lowest BCUT2D eigenvalue weighted by Crippen LogP contribution is -2.41. The second-order valence-corrected chi connectivity index (χ2v) is 7.61. The van der Waals surface area contributed by atoms with Gasteiger partial charge in [0.25, 0.3) is 0 Å². The average molecular weight is 389 g/mol. The van der Waals surface area contributed by atoms with Crippen molar-refractivity contribution in [2.24, 2.45) is 13.0 Å². The topological polar surface area (TPSA) is 106 Å². The van der Waals surface area contributed by atoms with Gasteiger partial charge in [0.15, 0.2) is 0 Å². The SMILES string of the molecule is Cc1ccnc(NC(=O)C2CCN(C(=O)CCSc3nnnn3C)CC2)c1. The number of aryl methyl sites for hydroxylation is 2. The molecular weight excluding hydrogens is 366 g/mol. The van der Waals surface area contributed by atoms with Crippen LogP contribution in [0.25, 0.3) is 0 Å². The first-order chi connectivity index (χ1) is 13.0. The van der Waals surface area contributed by atoms with Gasteiger partial charge in [-0.05, 0) is 47.9 Å². The summed E-state index contributed by atoms with van der Waals surface area (Å²) < 4.78 is 1.59. The highest BCUT2D eigenvalue weighted by Gasteiger charge is 2.27. The zero-order valence-corrected chi connectivity index (χ0v) is 16.3. The van der Waals surface area contributed by atoms with Gasteiger partial charge in [-0.1, -0.05) is 11.8 Å². The standard InChI is InChI=1S/C17H23N7O2S/c1-12-3-7-18-14(11-12)19-16(26)13-4-8-24(9-5-13)15(25)6-10-27-17-20-21-22-23(17)2/h3,7,11,13H,4-6,8-10H2,1-2H3,(H,18,19,26). The molecule has 1 aliphatic rings. The Labute approximate surface area is 161 Å². The number of anilines is 1. The molecule has 0 aromatic carbocycles. The van der Waals surface area contributed by atoms with Gasteiger partial charge in [0.2, 0.25) is 17.0 Å². The summed E-state index contributed by atoms with van der Waals surface area (Å²) in [6.45, 7) is 3.17. The van der Waals surface area contributed by atoms with Crippen LogP contribution in [-0.4, -0.2) is 60.7 Å². The van der Waals surface area contributed by atoms with Gasteiger partial charge in [-0.25, -0.2) is 9.67 Å². The van der Waals surface area contributed by atoms with Crippen LogP contribution in [0.3, 0.4) is 0 Å². The molecule has 1 aliphatic heterocycles. The van der Waals surface area contributed by atoms with Gasteiger partial charge < -0.3 is 10.2 Å². The Kier molecular flexibility index (Phi) is 6.38. The van der Waals surface area contributed by atoms with Gasteiger partial charge in [0.1, 0.15) is 5.82 Å². The lowest BCUT2D eigenvalue weighted by molar-refractivity contribution is -0.134. The maximum absolute atomic E-state index is 12.4. The zero-order valence-electron chi connectivity index (χ0n) is 15.5. The Morgan fingerprint density at radius 2 is 2.11 bits per heavy atom. The minimum Gasteiger partial charge on any atom is -0.343 e. The molecule has 0 bridgehead atoms. The summed E-state index contributed by atoms with van der Waals surface area (Å²) in [5, 5.41) is 14.8. The Hall–Kier alpha value is -2.49.